The van der Waals surface area contributed by atoms with E-state index in [0.717, 1.165) is 0 Å². The Labute approximate surface area is 103 Å². The summed E-state index contributed by atoms with van der Waals surface area (Å²) in [6, 6.07) is 5.03. The molecule has 0 unspecified atom stereocenters. The lowest BCUT2D eigenvalue weighted by Crippen LogP contribution is -2.14. The fourth-order valence-corrected chi connectivity index (χ4v) is 3.55. The van der Waals surface area contributed by atoms with Crippen LogP contribution in [0.2, 0.25) is 0 Å². The molecule has 0 saturated carbocycles. The molecule has 17 heavy (non-hydrogen) atoms. The van der Waals surface area contributed by atoms with Crippen LogP contribution in [0.25, 0.3) is 0 Å². The maximum absolute atomic E-state index is 11.9. The third kappa shape index (κ3) is 4.26. The Kier molecular flexibility index (Phi) is 4.40. The highest BCUT2D eigenvalue weighted by Crippen LogP contribution is 2.23. The first-order valence-electron chi connectivity index (χ1n) is 5.47. The highest BCUT2D eigenvalue weighted by atomic mass is 32.2. The first-order valence-corrected chi connectivity index (χ1v) is 7.29. The molecular weight excluding hydrogens is 238 g/mol. The number of rotatable bonds is 5. The van der Waals surface area contributed by atoms with Crippen LogP contribution in [0.4, 0.5) is 5.69 Å². The molecule has 1 aromatic carbocycles. The number of benzene rings is 1. The summed E-state index contributed by atoms with van der Waals surface area (Å²) >= 11 is 0. The molecule has 96 valence electrons. The molecule has 0 saturated heterocycles. The lowest BCUT2D eigenvalue weighted by Gasteiger charge is -2.11. The van der Waals surface area contributed by atoms with E-state index in [4.69, 9.17) is 10.5 Å². The van der Waals surface area contributed by atoms with Gasteiger partial charge in [0.1, 0.15) is 5.75 Å². The van der Waals surface area contributed by atoms with Crippen LogP contribution in [0.5, 0.6) is 5.75 Å². The number of anilines is 1. The molecule has 0 fully saturated rings. The van der Waals surface area contributed by atoms with Gasteiger partial charge in [-0.1, -0.05) is 13.8 Å². The highest BCUT2D eigenvalue weighted by molar-refractivity contribution is 7.90. The Bertz CT molecular complexity index is 481. The molecule has 0 aliphatic heterocycles. The number of nitrogens with two attached hydrogens (primary N) is 1. The molecule has 5 heteroatoms. The van der Waals surface area contributed by atoms with Gasteiger partial charge in [-0.3, -0.25) is 0 Å². The summed E-state index contributed by atoms with van der Waals surface area (Å²) in [5, 5.41) is 0. The highest BCUT2D eigenvalue weighted by Gasteiger charge is 2.17. The second-order valence-electron chi connectivity index (χ2n) is 4.52. The summed E-state index contributed by atoms with van der Waals surface area (Å²) in [7, 11) is -1.60. The molecule has 0 aliphatic rings. The quantitative estimate of drug-likeness (QED) is 0.817. The second-order valence-corrected chi connectivity index (χ2v) is 6.63. The van der Waals surface area contributed by atoms with Crippen molar-refractivity contribution in [3.63, 3.8) is 0 Å². The van der Waals surface area contributed by atoms with Gasteiger partial charge in [0.15, 0.2) is 9.84 Å². The van der Waals surface area contributed by atoms with Crippen molar-refractivity contribution in [2.75, 3.05) is 18.6 Å². The van der Waals surface area contributed by atoms with Crippen LogP contribution in [0.3, 0.4) is 0 Å². The largest absolute Gasteiger partial charge is 0.496 e. The van der Waals surface area contributed by atoms with Crippen LogP contribution in [0.1, 0.15) is 19.4 Å². The summed E-state index contributed by atoms with van der Waals surface area (Å²) in [6.45, 7) is 3.77. The van der Waals surface area contributed by atoms with Crippen molar-refractivity contribution < 1.29 is 13.2 Å². The first-order chi connectivity index (χ1) is 7.84. The topological polar surface area (TPSA) is 69.4 Å². The molecule has 2 N–H and O–H groups in total. The molecule has 0 spiro atoms. The summed E-state index contributed by atoms with van der Waals surface area (Å²) in [5.74, 6) is 0.822. The van der Waals surface area contributed by atoms with E-state index in [2.05, 4.69) is 0 Å². The van der Waals surface area contributed by atoms with E-state index in [1.54, 1.807) is 18.2 Å². The Morgan fingerprint density at radius 1 is 1.35 bits per heavy atom. The van der Waals surface area contributed by atoms with Crippen LogP contribution >= 0.6 is 0 Å². The smallest absolute Gasteiger partial charge is 0.154 e. The monoisotopic (exact) mass is 257 g/mol. The molecular formula is C12H19NO3S. The Hall–Kier alpha value is -1.23. The zero-order valence-electron chi connectivity index (χ0n) is 10.4. The lowest BCUT2D eigenvalue weighted by molar-refractivity contribution is 0.411. The number of nitrogen functional groups attached to an aromatic ring is 1. The Morgan fingerprint density at radius 3 is 2.53 bits per heavy atom. The van der Waals surface area contributed by atoms with Crippen molar-refractivity contribution in [2.45, 2.75) is 19.6 Å². The lowest BCUT2D eigenvalue weighted by atomic mass is 10.2. The van der Waals surface area contributed by atoms with Gasteiger partial charge in [-0.25, -0.2) is 8.42 Å². The fraction of sp³-hybridized carbons (Fsp3) is 0.500. The van der Waals surface area contributed by atoms with Gasteiger partial charge in [0.05, 0.1) is 18.6 Å². The number of hydrogen-bond donors (Lipinski definition) is 1. The van der Waals surface area contributed by atoms with Crippen molar-refractivity contribution in [1.29, 1.82) is 0 Å². The molecule has 1 aromatic rings. The van der Waals surface area contributed by atoms with Gasteiger partial charge in [0, 0.05) is 11.3 Å². The molecule has 0 bridgehead atoms. The van der Waals surface area contributed by atoms with Crippen LogP contribution < -0.4 is 10.5 Å². The van der Waals surface area contributed by atoms with E-state index in [-0.39, 0.29) is 17.4 Å². The van der Waals surface area contributed by atoms with Crippen LogP contribution in [-0.4, -0.2) is 21.3 Å². The van der Waals surface area contributed by atoms with Gasteiger partial charge in [0.2, 0.25) is 0 Å². The SMILES string of the molecule is COc1ccc(N)cc1CS(=O)(=O)CC(C)C. The van der Waals surface area contributed by atoms with Crippen LogP contribution in [0, 0.1) is 5.92 Å². The minimum atomic E-state index is -3.12. The summed E-state index contributed by atoms with van der Waals surface area (Å²) in [6.07, 6.45) is 0. The third-order valence-corrected chi connectivity index (χ3v) is 4.19. The molecule has 0 heterocycles. The second kappa shape index (κ2) is 5.40. The van der Waals surface area contributed by atoms with Crippen molar-refractivity contribution in [3.8, 4) is 5.75 Å². The van der Waals surface area contributed by atoms with Gasteiger partial charge in [-0.2, -0.15) is 0 Å². The average Bonchev–Trinajstić information content (AvgIpc) is 2.14. The molecule has 0 aromatic heterocycles. The van der Waals surface area contributed by atoms with Gasteiger partial charge < -0.3 is 10.5 Å². The van der Waals surface area contributed by atoms with Gasteiger partial charge >= 0.3 is 0 Å². The fourth-order valence-electron chi connectivity index (χ4n) is 1.72. The molecule has 4 nitrogen and oxygen atoms in total. The van der Waals surface area contributed by atoms with E-state index in [0.29, 0.717) is 17.0 Å². The Morgan fingerprint density at radius 2 is 2.00 bits per heavy atom. The minimum Gasteiger partial charge on any atom is -0.496 e. The molecule has 0 amide bonds. The molecule has 0 radical (unpaired) electrons. The predicted octanol–water partition coefficient (Wildman–Crippen LogP) is 1.85. The standard InChI is InChI=1S/C12H19NO3S/c1-9(2)7-17(14,15)8-10-6-11(13)4-5-12(10)16-3/h4-6,9H,7-8,13H2,1-3H3. The van der Waals surface area contributed by atoms with Gasteiger partial charge in [-0.15, -0.1) is 0 Å². The summed E-state index contributed by atoms with van der Waals surface area (Å²) in [5.41, 5.74) is 6.81. The Balaban J connectivity index is 2.98. The summed E-state index contributed by atoms with van der Waals surface area (Å²) in [4.78, 5) is 0. The summed E-state index contributed by atoms with van der Waals surface area (Å²) < 4.78 is 28.9. The maximum Gasteiger partial charge on any atom is 0.154 e. The first kappa shape index (κ1) is 13.8. The van der Waals surface area contributed by atoms with E-state index < -0.39 is 9.84 Å². The average molecular weight is 257 g/mol. The molecule has 0 atom stereocenters. The van der Waals surface area contributed by atoms with E-state index >= 15 is 0 Å². The molecule has 0 aliphatic carbocycles. The zero-order chi connectivity index (χ0) is 13.1. The van der Waals surface area contributed by atoms with Crippen molar-refractivity contribution in [1.82, 2.24) is 0 Å². The zero-order valence-corrected chi connectivity index (χ0v) is 11.3. The number of hydrogen-bond acceptors (Lipinski definition) is 4. The van der Waals surface area contributed by atoms with E-state index in [9.17, 15) is 8.42 Å². The van der Waals surface area contributed by atoms with E-state index in [1.165, 1.54) is 7.11 Å². The van der Waals surface area contributed by atoms with E-state index in [1.807, 2.05) is 13.8 Å². The van der Waals surface area contributed by atoms with Crippen molar-refractivity contribution >= 4 is 15.5 Å². The number of sulfone groups is 1. The van der Waals surface area contributed by atoms with Crippen molar-refractivity contribution in [3.05, 3.63) is 23.8 Å². The number of methoxy groups -OCH3 is 1. The predicted molar refractivity (Wildman–Crippen MR) is 69.7 cm³/mol. The van der Waals surface area contributed by atoms with Crippen LogP contribution in [-0.2, 0) is 15.6 Å². The third-order valence-electron chi connectivity index (χ3n) is 2.27. The maximum atomic E-state index is 11.9. The van der Waals surface area contributed by atoms with Gasteiger partial charge in [0.25, 0.3) is 0 Å². The normalized spacial score (nSPS) is 11.8. The van der Waals surface area contributed by atoms with Crippen LogP contribution in [0.15, 0.2) is 18.2 Å². The molecule has 1 rings (SSSR count). The number of ether oxygens (including phenoxy) is 1. The minimum absolute atomic E-state index is 0.0284. The van der Waals surface area contributed by atoms with Gasteiger partial charge in [-0.05, 0) is 24.1 Å². The van der Waals surface area contributed by atoms with Crippen molar-refractivity contribution in [2.24, 2.45) is 5.92 Å².